The summed E-state index contributed by atoms with van der Waals surface area (Å²) in [4.78, 5) is 14.5. The molecule has 20 heavy (non-hydrogen) atoms. The number of hydrogen-bond acceptors (Lipinski definition) is 5. The van der Waals surface area contributed by atoms with Crippen molar-refractivity contribution in [3.8, 4) is 6.07 Å². The van der Waals surface area contributed by atoms with Gasteiger partial charge in [0.15, 0.2) is 0 Å². The summed E-state index contributed by atoms with van der Waals surface area (Å²) < 4.78 is 0. The molecule has 0 aliphatic heterocycles. The zero-order valence-corrected chi connectivity index (χ0v) is 12.2. The molecule has 0 N–H and O–H groups in total. The summed E-state index contributed by atoms with van der Waals surface area (Å²) in [6, 6.07) is 6.60. The van der Waals surface area contributed by atoms with Crippen LogP contribution in [0, 0.1) is 21.4 Å². The van der Waals surface area contributed by atoms with Crippen molar-refractivity contribution in [1.29, 1.82) is 5.26 Å². The molecule has 0 saturated carbocycles. The lowest BCUT2D eigenvalue weighted by atomic mass is 10.1. The van der Waals surface area contributed by atoms with E-state index in [1.807, 2.05) is 27.1 Å². The Morgan fingerprint density at radius 1 is 1.35 bits per heavy atom. The van der Waals surface area contributed by atoms with E-state index in [-0.39, 0.29) is 11.3 Å². The first-order valence-electron chi connectivity index (χ1n) is 6.57. The molecule has 0 heterocycles. The molecule has 1 aromatic rings. The number of rotatable bonds is 7. The quantitative estimate of drug-likeness (QED) is 0.564. The van der Waals surface area contributed by atoms with Crippen molar-refractivity contribution in [3.63, 3.8) is 0 Å². The van der Waals surface area contributed by atoms with E-state index in [0.717, 1.165) is 31.7 Å². The molecule has 0 aromatic heterocycles. The van der Waals surface area contributed by atoms with E-state index in [1.165, 1.54) is 6.07 Å². The highest BCUT2D eigenvalue weighted by atomic mass is 16.6. The predicted molar refractivity (Wildman–Crippen MR) is 78.9 cm³/mol. The lowest BCUT2D eigenvalue weighted by molar-refractivity contribution is -0.385. The normalized spacial score (nSPS) is 10.3. The summed E-state index contributed by atoms with van der Waals surface area (Å²) in [5, 5.41) is 19.8. The highest BCUT2D eigenvalue weighted by molar-refractivity contribution is 5.59. The highest BCUT2D eigenvalue weighted by Gasteiger charge is 2.15. The third kappa shape index (κ3) is 4.21. The van der Waals surface area contributed by atoms with Crippen LogP contribution in [0.1, 0.15) is 18.9 Å². The third-order valence-electron chi connectivity index (χ3n) is 3.08. The Kier molecular flexibility index (Phi) is 5.94. The van der Waals surface area contributed by atoms with Crippen LogP contribution in [0.3, 0.4) is 0 Å². The van der Waals surface area contributed by atoms with Crippen molar-refractivity contribution < 1.29 is 4.92 Å². The van der Waals surface area contributed by atoms with E-state index in [2.05, 4.69) is 9.80 Å². The van der Waals surface area contributed by atoms with Gasteiger partial charge in [-0.25, -0.2) is 0 Å². The van der Waals surface area contributed by atoms with Crippen LogP contribution in [0.15, 0.2) is 18.2 Å². The molecule has 0 atom stereocenters. The lowest BCUT2D eigenvalue weighted by Gasteiger charge is -2.24. The molecule has 0 saturated heterocycles. The number of nitro benzene ring substituents is 1. The first-order chi connectivity index (χ1) is 9.49. The Labute approximate surface area is 119 Å². The number of benzene rings is 1. The van der Waals surface area contributed by atoms with E-state index in [4.69, 9.17) is 5.26 Å². The van der Waals surface area contributed by atoms with Gasteiger partial charge >= 0.3 is 0 Å². The topological polar surface area (TPSA) is 73.4 Å². The molecule has 6 heteroatoms. The van der Waals surface area contributed by atoms with Crippen LogP contribution in [0.25, 0.3) is 0 Å². The Bertz CT molecular complexity index is 508. The fourth-order valence-corrected chi connectivity index (χ4v) is 2.02. The predicted octanol–water partition coefficient (Wildman–Crippen LogP) is 2.24. The maximum atomic E-state index is 10.8. The fraction of sp³-hybridized carbons (Fsp3) is 0.500. The van der Waals surface area contributed by atoms with Crippen LogP contribution >= 0.6 is 0 Å². The molecule has 0 bridgehead atoms. The van der Waals surface area contributed by atoms with Crippen LogP contribution in [0.2, 0.25) is 0 Å². The molecule has 0 aliphatic carbocycles. The van der Waals surface area contributed by atoms with Gasteiger partial charge in [0.05, 0.1) is 4.92 Å². The van der Waals surface area contributed by atoms with Gasteiger partial charge in [0.2, 0.25) is 0 Å². The van der Waals surface area contributed by atoms with Crippen LogP contribution in [0.4, 0.5) is 11.4 Å². The zero-order chi connectivity index (χ0) is 15.1. The van der Waals surface area contributed by atoms with E-state index >= 15 is 0 Å². The van der Waals surface area contributed by atoms with E-state index in [1.54, 1.807) is 12.1 Å². The lowest BCUT2D eigenvalue weighted by Crippen LogP contribution is -2.27. The first kappa shape index (κ1) is 15.9. The molecule has 0 amide bonds. The maximum Gasteiger partial charge on any atom is 0.287 e. The number of nitro groups is 1. The van der Waals surface area contributed by atoms with E-state index in [0.29, 0.717) is 0 Å². The molecule has 0 radical (unpaired) electrons. The summed E-state index contributed by atoms with van der Waals surface area (Å²) in [5.41, 5.74) is 0.826. The Morgan fingerprint density at radius 2 is 2.05 bits per heavy atom. The van der Waals surface area contributed by atoms with Crippen LogP contribution < -0.4 is 4.90 Å². The van der Waals surface area contributed by atoms with Crippen LogP contribution in [-0.4, -0.2) is 43.6 Å². The smallest absolute Gasteiger partial charge is 0.287 e. The second-order valence-electron chi connectivity index (χ2n) is 4.81. The summed E-state index contributed by atoms with van der Waals surface area (Å²) in [6.07, 6.45) is 1.000. The average Bonchev–Trinajstić information content (AvgIpc) is 2.42. The van der Waals surface area contributed by atoms with Crippen molar-refractivity contribution in [2.75, 3.05) is 38.6 Å². The highest BCUT2D eigenvalue weighted by Crippen LogP contribution is 2.24. The zero-order valence-electron chi connectivity index (χ0n) is 12.2. The van der Waals surface area contributed by atoms with Crippen LogP contribution in [0.5, 0.6) is 0 Å². The number of nitriles is 1. The molecule has 1 rings (SSSR count). The minimum Gasteiger partial charge on any atom is -0.372 e. The minimum absolute atomic E-state index is 0.110. The fourth-order valence-electron chi connectivity index (χ4n) is 2.02. The SMILES string of the molecule is CCN(CCCN(C)C)c1ccc([N+](=O)[O-])c(C#N)c1. The van der Waals surface area contributed by atoms with Crippen molar-refractivity contribution in [2.45, 2.75) is 13.3 Å². The van der Waals surface area contributed by atoms with Gasteiger partial charge in [-0.05, 0) is 46.1 Å². The van der Waals surface area contributed by atoms with Crippen molar-refractivity contribution in [3.05, 3.63) is 33.9 Å². The van der Waals surface area contributed by atoms with E-state index in [9.17, 15) is 10.1 Å². The Hall–Kier alpha value is -2.13. The molecular weight excluding hydrogens is 256 g/mol. The van der Waals surface area contributed by atoms with Gasteiger partial charge in [0.25, 0.3) is 5.69 Å². The Balaban J connectivity index is 2.88. The summed E-state index contributed by atoms with van der Waals surface area (Å²) >= 11 is 0. The number of anilines is 1. The monoisotopic (exact) mass is 276 g/mol. The van der Waals surface area contributed by atoms with Crippen molar-refractivity contribution in [2.24, 2.45) is 0 Å². The van der Waals surface area contributed by atoms with Gasteiger partial charge in [-0.15, -0.1) is 0 Å². The second kappa shape index (κ2) is 7.46. The molecule has 0 fully saturated rings. The first-order valence-corrected chi connectivity index (χ1v) is 6.57. The van der Waals surface area contributed by atoms with Crippen LogP contribution in [-0.2, 0) is 0 Å². The maximum absolute atomic E-state index is 10.8. The number of nitrogens with zero attached hydrogens (tertiary/aromatic N) is 4. The molecule has 108 valence electrons. The summed E-state index contributed by atoms with van der Waals surface area (Å²) in [6.45, 7) is 4.67. The van der Waals surface area contributed by atoms with Crippen molar-refractivity contribution in [1.82, 2.24) is 4.90 Å². The summed E-state index contributed by atoms with van der Waals surface area (Å²) in [5.74, 6) is 0. The molecule has 6 nitrogen and oxygen atoms in total. The van der Waals surface area contributed by atoms with Gasteiger partial charge in [-0.3, -0.25) is 10.1 Å². The van der Waals surface area contributed by atoms with Crippen molar-refractivity contribution >= 4 is 11.4 Å². The summed E-state index contributed by atoms with van der Waals surface area (Å²) in [7, 11) is 4.05. The second-order valence-corrected chi connectivity index (χ2v) is 4.81. The molecule has 0 aliphatic rings. The minimum atomic E-state index is -0.523. The molecular formula is C14H20N4O2. The van der Waals surface area contributed by atoms with E-state index < -0.39 is 4.92 Å². The van der Waals surface area contributed by atoms with Gasteiger partial charge < -0.3 is 9.80 Å². The van der Waals surface area contributed by atoms with Gasteiger partial charge in [0.1, 0.15) is 11.6 Å². The average molecular weight is 276 g/mol. The number of hydrogen-bond donors (Lipinski definition) is 0. The Morgan fingerprint density at radius 3 is 2.55 bits per heavy atom. The van der Waals surface area contributed by atoms with Gasteiger partial charge in [0, 0.05) is 24.8 Å². The third-order valence-corrected chi connectivity index (χ3v) is 3.08. The van der Waals surface area contributed by atoms with Gasteiger partial charge in [-0.1, -0.05) is 0 Å². The molecule has 1 aromatic carbocycles. The molecule has 0 spiro atoms. The largest absolute Gasteiger partial charge is 0.372 e. The molecule has 0 unspecified atom stereocenters. The van der Waals surface area contributed by atoms with Gasteiger partial charge in [-0.2, -0.15) is 5.26 Å². The standard InChI is InChI=1S/C14H20N4O2/c1-4-17(9-5-8-16(2)3)13-6-7-14(18(19)20)12(10-13)11-15/h6-7,10H,4-5,8-9H2,1-3H3.